The van der Waals surface area contributed by atoms with Gasteiger partial charge in [0.1, 0.15) is 11.6 Å². The second kappa shape index (κ2) is 8.31. The number of anilines is 3. The molecule has 0 spiro atoms. The summed E-state index contributed by atoms with van der Waals surface area (Å²) in [6.45, 7) is 1.48. The predicted molar refractivity (Wildman–Crippen MR) is 122 cm³/mol. The summed E-state index contributed by atoms with van der Waals surface area (Å²) in [4.78, 5) is 24.4. The average Bonchev–Trinajstić information content (AvgIpc) is 3.43. The third kappa shape index (κ3) is 4.34. The van der Waals surface area contributed by atoms with Crippen LogP contribution in [0, 0.1) is 5.82 Å². The van der Waals surface area contributed by atoms with Crippen molar-refractivity contribution in [2.75, 3.05) is 23.3 Å². The summed E-state index contributed by atoms with van der Waals surface area (Å²) in [5, 5.41) is 7.33. The van der Waals surface area contributed by atoms with E-state index in [4.69, 9.17) is 0 Å². The minimum atomic E-state index is -0.291. The van der Waals surface area contributed by atoms with Crippen LogP contribution in [0.5, 0.6) is 0 Å². The van der Waals surface area contributed by atoms with Crippen molar-refractivity contribution >= 4 is 44.8 Å². The van der Waals surface area contributed by atoms with Gasteiger partial charge in [0.05, 0.1) is 4.88 Å². The van der Waals surface area contributed by atoms with Gasteiger partial charge >= 0.3 is 0 Å². The van der Waals surface area contributed by atoms with E-state index in [0.29, 0.717) is 18.2 Å². The Balaban J connectivity index is 1.23. The van der Waals surface area contributed by atoms with Crippen molar-refractivity contribution in [3.63, 3.8) is 0 Å². The van der Waals surface area contributed by atoms with Crippen LogP contribution in [-0.2, 0) is 0 Å². The fourth-order valence-corrected chi connectivity index (χ4v) is 4.65. The molecule has 1 atom stereocenters. The van der Waals surface area contributed by atoms with E-state index in [1.165, 1.54) is 23.5 Å². The van der Waals surface area contributed by atoms with Crippen LogP contribution in [0.25, 0.3) is 10.1 Å². The van der Waals surface area contributed by atoms with Gasteiger partial charge in [-0.15, -0.1) is 11.3 Å². The lowest BCUT2D eigenvalue weighted by atomic mass is 10.2. The van der Waals surface area contributed by atoms with Crippen molar-refractivity contribution in [3.8, 4) is 0 Å². The van der Waals surface area contributed by atoms with Crippen molar-refractivity contribution in [2.45, 2.75) is 12.5 Å². The smallest absolute Gasteiger partial charge is 0.261 e. The first-order valence-corrected chi connectivity index (χ1v) is 10.9. The van der Waals surface area contributed by atoms with E-state index in [-0.39, 0.29) is 17.8 Å². The predicted octanol–water partition coefficient (Wildman–Crippen LogP) is 4.58. The molecule has 156 valence electrons. The number of carbonyl (C=O) groups is 1. The SMILES string of the molecule is O=C(NC1CCN(c2ccnc(Nc3ccc(F)cc3)n2)C1)c1cc2ccccc2s1. The van der Waals surface area contributed by atoms with Crippen molar-refractivity contribution in [2.24, 2.45) is 0 Å². The Bertz CT molecular complexity index is 1190. The highest BCUT2D eigenvalue weighted by Crippen LogP contribution is 2.26. The molecule has 5 rings (SSSR count). The summed E-state index contributed by atoms with van der Waals surface area (Å²) in [5.41, 5.74) is 0.716. The number of thiophene rings is 1. The Hall–Kier alpha value is -3.52. The van der Waals surface area contributed by atoms with Gasteiger partial charge in [-0.1, -0.05) is 18.2 Å². The van der Waals surface area contributed by atoms with Gasteiger partial charge in [0.15, 0.2) is 0 Å². The van der Waals surface area contributed by atoms with E-state index in [0.717, 1.165) is 33.7 Å². The van der Waals surface area contributed by atoms with Crippen molar-refractivity contribution in [3.05, 3.63) is 77.6 Å². The molecule has 0 aliphatic carbocycles. The zero-order valence-electron chi connectivity index (χ0n) is 16.6. The molecule has 6 nitrogen and oxygen atoms in total. The highest BCUT2D eigenvalue weighted by molar-refractivity contribution is 7.20. The molecule has 1 aliphatic rings. The van der Waals surface area contributed by atoms with Gasteiger partial charge in [0.2, 0.25) is 5.95 Å². The standard InChI is InChI=1S/C23H20FN5OS/c24-16-5-7-17(8-6-16)27-23-25-11-9-21(28-23)29-12-10-18(14-29)26-22(30)20-13-15-3-1-2-4-19(15)31-20/h1-9,11,13,18H,10,12,14H2,(H,26,30)(H,25,27,28). The Morgan fingerprint density at radius 3 is 2.81 bits per heavy atom. The molecule has 0 radical (unpaired) electrons. The largest absolute Gasteiger partial charge is 0.354 e. The molecule has 31 heavy (non-hydrogen) atoms. The third-order valence-corrected chi connectivity index (χ3v) is 6.35. The van der Waals surface area contributed by atoms with Gasteiger partial charge in [-0.3, -0.25) is 4.79 Å². The van der Waals surface area contributed by atoms with Gasteiger partial charge in [-0.25, -0.2) is 9.37 Å². The Kier molecular flexibility index (Phi) is 5.21. The number of benzene rings is 2. The molecule has 2 aromatic carbocycles. The number of amides is 1. The molecule has 2 N–H and O–H groups in total. The zero-order chi connectivity index (χ0) is 21.2. The van der Waals surface area contributed by atoms with Crippen LogP contribution in [-0.4, -0.2) is 35.0 Å². The van der Waals surface area contributed by atoms with Crippen LogP contribution in [0.2, 0.25) is 0 Å². The summed E-state index contributed by atoms with van der Waals surface area (Å²) in [5.74, 6) is 0.913. The average molecular weight is 434 g/mol. The molecule has 1 fully saturated rings. The maximum absolute atomic E-state index is 13.1. The van der Waals surface area contributed by atoms with Crippen molar-refractivity contribution in [1.82, 2.24) is 15.3 Å². The number of carbonyl (C=O) groups excluding carboxylic acids is 1. The van der Waals surface area contributed by atoms with Gasteiger partial charge in [-0.05, 0) is 54.3 Å². The maximum atomic E-state index is 13.1. The number of hydrogen-bond acceptors (Lipinski definition) is 6. The first kappa shape index (κ1) is 19.4. The van der Waals surface area contributed by atoms with Crippen LogP contribution in [0.3, 0.4) is 0 Å². The molecule has 1 unspecified atom stereocenters. The van der Waals surface area contributed by atoms with E-state index in [1.54, 1.807) is 18.3 Å². The highest BCUT2D eigenvalue weighted by Gasteiger charge is 2.26. The number of rotatable bonds is 5. The molecule has 0 saturated carbocycles. The van der Waals surface area contributed by atoms with E-state index in [9.17, 15) is 9.18 Å². The molecule has 8 heteroatoms. The second-order valence-corrected chi connectivity index (χ2v) is 8.51. The number of nitrogens with one attached hydrogen (secondary N) is 2. The molecular formula is C23H20FN5OS. The van der Waals surface area contributed by atoms with Gasteiger partial charge in [0, 0.05) is 35.7 Å². The lowest BCUT2D eigenvalue weighted by Crippen LogP contribution is -2.36. The number of hydrogen-bond donors (Lipinski definition) is 2. The molecule has 0 bridgehead atoms. The van der Waals surface area contributed by atoms with Crippen molar-refractivity contribution in [1.29, 1.82) is 0 Å². The molecule has 1 aliphatic heterocycles. The third-order valence-electron chi connectivity index (χ3n) is 5.24. The molecule has 1 amide bonds. The quantitative estimate of drug-likeness (QED) is 0.482. The van der Waals surface area contributed by atoms with E-state index < -0.39 is 0 Å². The number of aromatic nitrogens is 2. The Morgan fingerprint density at radius 1 is 1.13 bits per heavy atom. The monoisotopic (exact) mass is 433 g/mol. The summed E-state index contributed by atoms with van der Waals surface area (Å²) < 4.78 is 14.2. The van der Waals surface area contributed by atoms with E-state index in [1.807, 2.05) is 36.4 Å². The second-order valence-electron chi connectivity index (χ2n) is 7.42. The normalized spacial score (nSPS) is 15.9. The summed E-state index contributed by atoms with van der Waals surface area (Å²) in [6, 6.07) is 17.9. The van der Waals surface area contributed by atoms with Gasteiger partial charge < -0.3 is 15.5 Å². The zero-order valence-corrected chi connectivity index (χ0v) is 17.4. The minimum absolute atomic E-state index is 0.0330. The van der Waals surface area contributed by atoms with E-state index in [2.05, 4.69) is 25.5 Å². The Labute approximate surface area is 182 Å². The van der Waals surface area contributed by atoms with Crippen molar-refractivity contribution < 1.29 is 9.18 Å². The summed E-state index contributed by atoms with van der Waals surface area (Å²) in [7, 11) is 0. The summed E-state index contributed by atoms with van der Waals surface area (Å²) in [6.07, 6.45) is 2.54. The number of halogens is 1. The van der Waals surface area contributed by atoms with Crippen LogP contribution < -0.4 is 15.5 Å². The lowest BCUT2D eigenvalue weighted by molar-refractivity contribution is 0.0944. The molecular weight excluding hydrogens is 413 g/mol. The Morgan fingerprint density at radius 2 is 1.97 bits per heavy atom. The first-order chi connectivity index (χ1) is 15.1. The molecule has 4 aromatic rings. The molecule has 3 heterocycles. The van der Waals surface area contributed by atoms with Crippen LogP contribution >= 0.6 is 11.3 Å². The minimum Gasteiger partial charge on any atom is -0.354 e. The topological polar surface area (TPSA) is 70.2 Å². The highest BCUT2D eigenvalue weighted by atomic mass is 32.1. The van der Waals surface area contributed by atoms with Crippen LogP contribution in [0.1, 0.15) is 16.1 Å². The number of fused-ring (bicyclic) bond motifs is 1. The fraction of sp³-hybridized carbons (Fsp3) is 0.174. The van der Waals surface area contributed by atoms with Gasteiger partial charge in [-0.2, -0.15) is 4.98 Å². The lowest BCUT2D eigenvalue weighted by Gasteiger charge is -2.18. The van der Waals surface area contributed by atoms with E-state index >= 15 is 0 Å². The van der Waals surface area contributed by atoms with Gasteiger partial charge in [0.25, 0.3) is 5.91 Å². The first-order valence-electron chi connectivity index (χ1n) is 10.0. The molecule has 2 aromatic heterocycles. The summed E-state index contributed by atoms with van der Waals surface area (Å²) >= 11 is 1.51. The molecule has 1 saturated heterocycles. The number of nitrogens with zero attached hydrogens (tertiary/aromatic N) is 3. The van der Waals surface area contributed by atoms with Crippen LogP contribution in [0.15, 0.2) is 66.9 Å². The van der Waals surface area contributed by atoms with Crippen LogP contribution in [0.4, 0.5) is 21.8 Å². The maximum Gasteiger partial charge on any atom is 0.261 e. The fourth-order valence-electron chi connectivity index (χ4n) is 3.68.